The van der Waals surface area contributed by atoms with Gasteiger partial charge in [0.15, 0.2) is 0 Å². The molecule has 3 fully saturated rings. The van der Waals surface area contributed by atoms with Crippen LogP contribution in [0, 0.1) is 28.6 Å². The Kier molecular flexibility index (Phi) is 15.5. The fraction of sp³-hybridized carbons (Fsp3) is 0.800. The van der Waals surface area contributed by atoms with Crippen molar-refractivity contribution >= 4 is 11.8 Å². The van der Waals surface area contributed by atoms with Crippen LogP contribution in [0.2, 0.25) is 0 Å². The maximum Gasteiger partial charge on any atom is 2.00 e. The van der Waals surface area contributed by atoms with Gasteiger partial charge in [-0.05, 0) is 22.3 Å². The first kappa shape index (κ1) is 35.8. The molecule has 0 aromatic carbocycles. The second kappa shape index (κ2) is 16.9. The Labute approximate surface area is 251 Å². The van der Waals surface area contributed by atoms with Gasteiger partial charge >= 0.3 is 20.4 Å². The summed E-state index contributed by atoms with van der Waals surface area (Å²) in [5.74, 6) is 0.630. The summed E-state index contributed by atoms with van der Waals surface area (Å²) in [6, 6.07) is 0.319. The third-order valence-electron chi connectivity index (χ3n) is 8.00. The predicted molar refractivity (Wildman–Crippen MR) is 158 cm³/mol. The SMILES string of the molecule is CC(C)(C)C1=CC[N-]C(C2CC(C(C)(C)C)CC[N-]2)=C1.NC(=O)C1CC[N-]CC1.NC(=O)C1CC[N-]CC1.[Pd+2]. The number of carbonyl (C=O) groups is 2. The Balaban J connectivity index is 0.000000333. The van der Waals surface area contributed by atoms with Crippen molar-refractivity contribution in [2.75, 3.05) is 39.3 Å². The molecule has 0 aliphatic carbocycles. The Morgan fingerprint density at radius 2 is 1.28 bits per heavy atom. The molecule has 9 heteroatoms. The largest absolute Gasteiger partial charge is 2.00 e. The topological polar surface area (TPSA) is 143 Å². The number of nitrogens with two attached hydrogens (primary N) is 2. The van der Waals surface area contributed by atoms with Crippen LogP contribution in [0.5, 0.6) is 0 Å². The van der Waals surface area contributed by atoms with E-state index in [0.29, 0.717) is 11.5 Å². The molecule has 4 aliphatic heterocycles. The molecule has 2 atom stereocenters. The van der Waals surface area contributed by atoms with E-state index in [2.05, 4.69) is 64.3 Å². The van der Waals surface area contributed by atoms with Gasteiger partial charge in [0.25, 0.3) is 0 Å². The number of allylic oxidation sites excluding steroid dienone is 2. The van der Waals surface area contributed by atoms with Crippen LogP contribution in [0.15, 0.2) is 23.4 Å². The number of rotatable bonds is 3. The summed E-state index contributed by atoms with van der Waals surface area (Å²) in [7, 11) is 0. The molecule has 3 saturated heterocycles. The summed E-state index contributed by atoms with van der Waals surface area (Å²) < 4.78 is 0. The van der Waals surface area contributed by atoms with E-state index in [0.717, 1.165) is 77.3 Å². The molecule has 226 valence electrons. The summed E-state index contributed by atoms with van der Waals surface area (Å²) in [6.45, 7) is 18.9. The summed E-state index contributed by atoms with van der Waals surface area (Å²) >= 11 is 0. The first-order valence-electron chi connectivity index (χ1n) is 14.4. The monoisotopic (exact) mass is 634 g/mol. The van der Waals surface area contributed by atoms with Crippen LogP contribution in [-0.4, -0.2) is 57.1 Å². The number of carbonyl (C=O) groups excluding carboxylic acids is 2. The second-order valence-corrected chi connectivity index (χ2v) is 13.0. The Hall–Kier alpha value is -1.24. The summed E-state index contributed by atoms with van der Waals surface area (Å²) in [5.41, 5.74) is 13.4. The Morgan fingerprint density at radius 1 is 0.795 bits per heavy atom. The van der Waals surface area contributed by atoms with Gasteiger partial charge in [-0.2, -0.15) is 5.70 Å². The maximum absolute atomic E-state index is 10.5. The molecule has 0 bridgehead atoms. The molecule has 2 amide bonds. The van der Waals surface area contributed by atoms with Crippen LogP contribution in [0.4, 0.5) is 0 Å². The minimum Gasteiger partial charge on any atom is -0.686 e. The van der Waals surface area contributed by atoms with Gasteiger partial charge in [0.05, 0.1) is 0 Å². The van der Waals surface area contributed by atoms with Gasteiger partial charge in [-0.25, -0.2) is 0 Å². The first-order valence-corrected chi connectivity index (χ1v) is 14.4. The molecule has 0 radical (unpaired) electrons. The molecule has 0 spiro atoms. The number of piperidine rings is 3. The zero-order chi connectivity index (χ0) is 28.3. The van der Waals surface area contributed by atoms with Crippen LogP contribution in [0.1, 0.15) is 80.1 Å². The predicted octanol–water partition coefficient (Wildman–Crippen LogP) is 5.94. The zero-order valence-electron chi connectivity index (χ0n) is 25.0. The number of hydrogen-bond acceptors (Lipinski definition) is 2. The molecule has 0 aromatic rings. The van der Waals surface area contributed by atoms with Crippen LogP contribution in [-0.2, 0) is 30.0 Å². The van der Waals surface area contributed by atoms with E-state index >= 15 is 0 Å². The standard InChI is InChI=1S/C18H30N2.2C6H11N2O.Pd/c1-17(2,3)13-7-9-19-15(11-13)16-12-14(8-10-20-16)18(4,5)6;2*7-6(9)5-1-3-8-4-2-5;/h7,11,14,16H,8-10,12H2,1-6H3;2*5H,1-4H2,(H2,7,9);/q-2;2*-1;+2. The fourth-order valence-corrected chi connectivity index (χ4v) is 5.16. The van der Waals surface area contributed by atoms with E-state index in [1.807, 2.05) is 0 Å². The third-order valence-corrected chi connectivity index (χ3v) is 8.00. The second-order valence-electron chi connectivity index (χ2n) is 13.0. The van der Waals surface area contributed by atoms with Crippen molar-refractivity contribution in [3.8, 4) is 0 Å². The van der Waals surface area contributed by atoms with E-state index < -0.39 is 0 Å². The van der Waals surface area contributed by atoms with Gasteiger partial charge in [0.2, 0.25) is 11.8 Å². The Morgan fingerprint density at radius 3 is 1.67 bits per heavy atom. The van der Waals surface area contributed by atoms with Crippen LogP contribution in [0.3, 0.4) is 0 Å². The van der Waals surface area contributed by atoms with Crippen molar-refractivity contribution < 1.29 is 30.0 Å². The molecule has 4 N–H and O–H groups in total. The van der Waals surface area contributed by atoms with Crippen LogP contribution >= 0.6 is 0 Å². The normalized spacial score (nSPS) is 24.7. The average Bonchev–Trinajstić information content (AvgIpc) is 2.89. The van der Waals surface area contributed by atoms with Crippen molar-refractivity contribution in [2.24, 2.45) is 40.1 Å². The van der Waals surface area contributed by atoms with Gasteiger partial charge in [-0.15, -0.1) is 45.3 Å². The summed E-state index contributed by atoms with van der Waals surface area (Å²) in [5, 5.41) is 17.8. The van der Waals surface area contributed by atoms with Gasteiger partial charge < -0.3 is 32.7 Å². The van der Waals surface area contributed by atoms with Crippen molar-refractivity contribution in [3.05, 3.63) is 44.7 Å². The zero-order valence-corrected chi connectivity index (χ0v) is 26.6. The average molecular weight is 635 g/mol. The fourth-order valence-electron chi connectivity index (χ4n) is 5.16. The molecule has 4 heterocycles. The van der Waals surface area contributed by atoms with Gasteiger partial charge in [-0.3, -0.25) is 9.59 Å². The van der Waals surface area contributed by atoms with Gasteiger partial charge in [0.1, 0.15) is 0 Å². The van der Waals surface area contributed by atoms with Crippen molar-refractivity contribution in [1.29, 1.82) is 0 Å². The molecule has 2 unspecified atom stereocenters. The van der Waals surface area contributed by atoms with E-state index in [1.54, 1.807) is 0 Å². The third kappa shape index (κ3) is 12.9. The van der Waals surface area contributed by atoms with Crippen LogP contribution in [0.25, 0.3) is 21.3 Å². The van der Waals surface area contributed by atoms with Crippen molar-refractivity contribution in [1.82, 2.24) is 0 Å². The van der Waals surface area contributed by atoms with E-state index in [9.17, 15) is 9.59 Å². The maximum atomic E-state index is 10.5. The van der Waals surface area contributed by atoms with E-state index in [4.69, 9.17) is 22.1 Å². The minimum absolute atomic E-state index is 0. The molecule has 8 nitrogen and oxygen atoms in total. The molecule has 4 aliphatic rings. The van der Waals surface area contributed by atoms with Gasteiger partial charge in [0, 0.05) is 11.8 Å². The molecule has 39 heavy (non-hydrogen) atoms. The molecule has 0 saturated carbocycles. The van der Waals surface area contributed by atoms with Gasteiger partial charge in [-0.1, -0.05) is 92.2 Å². The summed E-state index contributed by atoms with van der Waals surface area (Å²) in [4.78, 5) is 21.1. The minimum atomic E-state index is -0.162. The van der Waals surface area contributed by atoms with Crippen molar-refractivity contribution in [3.63, 3.8) is 0 Å². The molecular formula is C30H52N6O2Pd-2. The van der Waals surface area contributed by atoms with E-state index in [1.165, 1.54) is 17.7 Å². The molecule has 0 aromatic heterocycles. The van der Waals surface area contributed by atoms with Crippen LogP contribution < -0.4 is 11.5 Å². The number of hydrogen-bond donors (Lipinski definition) is 2. The van der Waals surface area contributed by atoms with Crippen molar-refractivity contribution in [2.45, 2.75) is 86.1 Å². The molecular weight excluding hydrogens is 583 g/mol. The number of nitrogens with zero attached hydrogens (tertiary/aromatic N) is 4. The smallest absolute Gasteiger partial charge is 0.686 e. The number of primary amides is 2. The Bertz CT molecular complexity index is 790. The quantitative estimate of drug-likeness (QED) is 0.371. The number of amides is 2. The molecule has 4 rings (SSSR count). The van der Waals surface area contributed by atoms with E-state index in [-0.39, 0.29) is 49.5 Å². The first-order chi connectivity index (χ1) is 17.8. The summed E-state index contributed by atoms with van der Waals surface area (Å²) in [6.07, 6.45) is 10.4.